The molecule has 2 fully saturated rings. The Bertz CT molecular complexity index is 802. The minimum atomic E-state index is -0.267. The molecule has 2 aromatic rings. The van der Waals surface area contributed by atoms with Gasteiger partial charge in [0.1, 0.15) is 10.7 Å². The fourth-order valence-electron chi connectivity index (χ4n) is 3.47. The Balaban J connectivity index is 1.51. The Morgan fingerprint density at radius 1 is 1.35 bits per heavy atom. The lowest BCUT2D eigenvalue weighted by molar-refractivity contribution is 0.102. The number of aryl methyl sites for hydroxylation is 1. The van der Waals surface area contributed by atoms with Crippen LogP contribution in [0.4, 0.5) is 16.5 Å². The van der Waals surface area contributed by atoms with Crippen molar-refractivity contribution in [3.8, 4) is 0 Å². The summed E-state index contributed by atoms with van der Waals surface area (Å²) >= 11 is 1.43. The van der Waals surface area contributed by atoms with Crippen LogP contribution < -0.4 is 21.7 Å². The van der Waals surface area contributed by atoms with E-state index in [0.717, 1.165) is 56.1 Å². The van der Waals surface area contributed by atoms with E-state index in [2.05, 4.69) is 20.3 Å². The molecule has 1 saturated heterocycles. The zero-order valence-electron chi connectivity index (χ0n) is 14.9. The molecule has 0 radical (unpaired) electrons. The largest absolute Gasteiger partial charge is 0.389 e. The fourth-order valence-corrected chi connectivity index (χ4v) is 4.47. The molecule has 140 valence electrons. The van der Waals surface area contributed by atoms with Crippen molar-refractivity contribution in [2.24, 2.45) is 18.7 Å². The van der Waals surface area contributed by atoms with E-state index in [1.165, 1.54) is 11.3 Å². The van der Waals surface area contributed by atoms with Gasteiger partial charge in [0.15, 0.2) is 11.5 Å². The summed E-state index contributed by atoms with van der Waals surface area (Å²) in [6.45, 7) is 2.55. The maximum Gasteiger partial charge on any atom is 0.277 e. The Morgan fingerprint density at radius 3 is 2.73 bits per heavy atom. The van der Waals surface area contributed by atoms with Crippen LogP contribution in [-0.2, 0) is 7.05 Å². The number of nitrogens with two attached hydrogens (primary N) is 2. The molecule has 1 aliphatic heterocycles. The zero-order chi connectivity index (χ0) is 18.3. The van der Waals surface area contributed by atoms with E-state index in [1.807, 2.05) is 7.05 Å². The van der Waals surface area contributed by atoms with Gasteiger partial charge in [-0.1, -0.05) is 0 Å². The van der Waals surface area contributed by atoms with Crippen molar-refractivity contribution in [3.63, 3.8) is 0 Å². The molecule has 9 heteroatoms. The first-order valence-corrected chi connectivity index (χ1v) is 9.93. The number of rotatable bonds is 5. The Kier molecular flexibility index (Phi) is 4.58. The maximum absolute atomic E-state index is 12.7. The number of nitrogens with one attached hydrogen (secondary N) is 1. The highest BCUT2D eigenvalue weighted by Crippen LogP contribution is 2.43. The number of piperidine rings is 1. The van der Waals surface area contributed by atoms with Crippen LogP contribution in [0.15, 0.2) is 6.20 Å². The van der Waals surface area contributed by atoms with Gasteiger partial charge in [-0.2, -0.15) is 5.10 Å². The number of hydrogen-bond acceptors (Lipinski definition) is 7. The summed E-state index contributed by atoms with van der Waals surface area (Å²) in [5.41, 5.74) is 12.8. The lowest BCUT2D eigenvalue weighted by Gasteiger charge is -2.33. The minimum absolute atomic E-state index is 0.267. The van der Waals surface area contributed by atoms with Crippen LogP contribution in [0, 0.1) is 5.92 Å². The second kappa shape index (κ2) is 6.88. The molecule has 0 spiro atoms. The summed E-state index contributed by atoms with van der Waals surface area (Å²) in [6.07, 6.45) is 6.07. The van der Waals surface area contributed by atoms with E-state index < -0.39 is 0 Å². The van der Waals surface area contributed by atoms with Crippen molar-refractivity contribution in [3.05, 3.63) is 16.9 Å². The van der Waals surface area contributed by atoms with E-state index in [-0.39, 0.29) is 5.91 Å². The normalized spacial score (nSPS) is 18.3. The highest BCUT2D eigenvalue weighted by atomic mass is 32.1. The number of hydrogen-bond donors (Lipinski definition) is 3. The molecule has 0 aromatic carbocycles. The number of carbonyl (C=O) groups excluding carboxylic acids is 1. The number of amides is 1. The van der Waals surface area contributed by atoms with Crippen LogP contribution in [0.1, 0.15) is 47.1 Å². The monoisotopic (exact) mass is 375 g/mol. The van der Waals surface area contributed by atoms with Crippen LogP contribution >= 0.6 is 11.3 Å². The van der Waals surface area contributed by atoms with Gasteiger partial charge < -0.3 is 21.7 Å². The third-order valence-corrected chi connectivity index (χ3v) is 6.26. The minimum Gasteiger partial charge on any atom is -0.389 e. The van der Waals surface area contributed by atoms with Crippen molar-refractivity contribution in [1.29, 1.82) is 0 Å². The molecule has 0 atom stereocenters. The fraction of sp³-hybridized carbons (Fsp3) is 0.588. The maximum atomic E-state index is 12.7. The zero-order valence-corrected chi connectivity index (χ0v) is 15.8. The van der Waals surface area contributed by atoms with Gasteiger partial charge in [-0.3, -0.25) is 9.48 Å². The number of anilines is 3. The topological polar surface area (TPSA) is 115 Å². The molecule has 4 rings (SSSR count). The average Bonchev–Trinajstić information content (AvgIpc) is 3.33. The number of thiazole rings is 1. The lowest BCUT2D eigenvalue weighted by Crippen LogP contribution is -2.37. The quantitative estimate of drug-likeness (QED) is 0.733. The van der Waals surface area contributed by atoms with Crippen molar-refractivity contribution < 1.29 is 4.79 Å². The molecule has 2 aromatic heterocycles. The van der Waals surface area contributed by atoms with Gasteiger partial charge in [0.25, 0.3) is 5.91 Å². The predicted molar refractivity (Wildman–Crippen MR) is 104 cm³/mol. The molecule has 1 amide bonds. The summed E-state index contributed by atoms with van der Waals surface area (Å²) in [7, 11) is 1.89. The molecular formula is C17H25N7OS. The number of aromatic nitrogens is 3. The Labute approximate surface area is 156 Å². The van der Waals surface area contributed by atoms with E-state index >= 15 is 0 Å². The van der Waals surface area contributed by atoms with Gasteiger partial charge in [0.05, 0.1) is 11.2 Å². The molecule has 1 aliphatic carbocycles. The molecular weight excluding hydrogens is 350 g/mol. The Morgan fingerprint density at radius 2 is 2.08 bits per heavy atom. The van der Waals surface area contributed by atoms with Gasteiger partial charge in [0, 0.05) is 26.1 Å². The van der Waals surface area contributed by atoms with Crippen molar-refractivity contribution >= 4 is 33.8 Å². The van der Waals surface area contributed by atoms with Crippen LogP contribution in [-0.4, -0.2) is 40.3 Å². The molecule has 2 aliphatic rings. The highest BCUT2D eigenvalue weighted by molar-refractivity contribution is 7.16. The molecule has 5 N–H and O–H groups in total. The highest BCUT2D eigenvalue weighted by Gasteiger charge is 2.30. The summed E-state index contributed by atoms with van der Waals surface area (Å²) in [5.74, 6) is 1.72. The second-order valence-corrected chi connectivity index (χ2v) is 8.23. The predicted octanol–water partition coefficient (Wildman–Crippen LogP) is 1.76. The molecule has 3 heterocycles. The van der Waals surface area contributed by atoms with Crippen molar-refractivity contribution in [2.75, 3.05) is 35.6 Å². The van der Waals surface area contributed by atoms with Gasteiger partial charge in [-0.05, 0) is 38.1 Å². The average molecular weight is 376 g/mol. The first-order valence-electron chi connectivity index (χ1n) is 9.11. The van der Waals surface area contributed by atoms with E-state index in [9.17, 15) is 4.79 Å². The smallest absolute Gasteiger partial charge is 0.277 e. The SMILES string of the molecule is Cn1ncc(NC(=O)c2nc(C3CC3)sc2N)c1N1CCC(CN)CC1. The number of carbonyl (C=O) groups is 1. The van der Waals surface area contributed by atoms with Crippen LogP contribution in [0.2, 0.25) is 0 Å². The van der Waals surface area contributed by atoms with Crippen LogP contribution in [0.5, 0.6) is 0 Å². The molecule has 0 bridgehead atoms. The third kappa shape index (κ3) is 3.28. The van der Waals surface area contributed by atoms with Gasteiger partial charge in [-0.15, -0.1) is 11.3 Å². The van der Waals surface area contributed by atoms with Gasteiger partial charge in [-0.25, -0.2) is 4.98 Å². The molecule has 1 saturated carbocycles. The number of nitrogens with zero attached hydrogens (tertiary/aromatic N) is 4. The van der Waals surface area contributed by atoms with Crippen molar-refractivity contribution in [1.82, 2.24) is 14.8 Å². The number of nitrogen functional groups attached to an aromatic ring is 1. The third-order valence-electron chi connectivity index (χ3n) is 5.21. The summed E-state index contributed by atoms with van der Waals surface area (Å²) in [4.78, 5) is 19.4. The lowest BCUT2D eigenvalue weighted by atomic mass is 9.97. The summed E-state index contributed by atoms with van der Waals surface area (Å²) < 4.78 is 1.80. The molecule has 8 nitrogen and oxygen atoms in total. The summed E-state index contributed by atoms with van der Waals surface area (Å²) in [6, 6.07) is 0. The van der Waals surface area contributed by atoms with E-state index in [4.69, 9.17) is 11.5 Å². The van der Waals surface area contributed by atoms with Gasteiger partial charge >= 0.3 is 0 Å². The molecule has 0 unspecified atom stereocenters. The standard InChI is InChI=1S/C17H25N7OS/c1-23-17(24-6-4-10(8-18)5-7-24)12(9-20-23)21-15(25)13-14(19)26-16(22-13)11-2-3-11/h9-11H,2-8,18-19H2,1H3,(H,21,25). The Hall–Kier alpha value is -2.13. The van der Waals surface area contributed by atoms with E-state index in [0.29, 0.717) is 28.2 Å². The van der Waals surface area contributed by atoms with Gasteiger partial charge in [0.2, 0.25) is 0 Å². The first-order chi connectivity index (χ1) is 12.6. The first kappa shape index (κ1) is 17.3. The summed E-state index contributed by atoms with van der Waals surface area (Å²) in [5, 5.41) is 8.75. The van der Waals surface area contributed by atoms with Crippen LogP contribution in [0.3, 0.4) is 0 Å². The second-order valence-electron chi connectivity index (χ2n) is 7.16. The van der Waals surface area contributed by atoms with Crippen LogP contribution in [0.25, 0.3) is 0 Å². The molecule has 26 heavy (non-hydrogen) atoms. The van der Waals surface area contributed by atoms with Crippen molar-refractivity contribution in [2.45, 2.75) is 31.6 Å². The van der Waals surface area contributed by atoms with E-state index in [1.54, 1.807) is 10.9 Å².